The van der Waals surface area contributed by atoms with E-state index in [0.717, 1.165) is 19.3 Å². The molecule has 2 aliphatic rings. The zero-order valence-corrected chi connectivity index (χ0v) is 10.4. The maximum atomic E-state index is 12.0. The number of carboxylic acid groups (broad SMARTS) is 1. The van der Waals surface area contributed by atoms with Crippen LogP contribution < -0.4 is 5.32 Å². The molecular formula is C12H20N2O4. The number of likely N-dealkylation sites (tertiary alicyclic amines) is 1. The lowest BCUT2D eigenvalue weighted by Gasteiger charge is -2.33. The summed E-state index contributed by atoms with van der Waals surface area (Å²) in [5.74, 6) is -1.22. The summed E-state index contributed by atoms with van der Waals surface area (Å²) in [6.45, 7) is 2.34. The summed E-state index contributed by atoms with van der Waals surface area (Å²) >= 11 is 0. The van der Waals surface area contributed by atoms with Crippen molar-refractivity contribution in [2.45, 2.75) is 31.7 Å². The quantitative estimate of drug-likeness (QED) is 0.761. The van der Waals surface area contributed by atoms with E-state index in [1.807, 2.05) is 0 Å². The number of rotatable bonds is 2. The zero-order chi connectivity index (χ0) is 13.0. The first-order valence-corrected chi connectivity index (χ1v) is 6.53. The molecule has 0 aliphatic carbocycles. The third-order valence-electron chi connectivity index (χ3n) is 3.61. The molecule has 2 rings (SSSR count). The number of aliphatic carboxylic acids is 1. The number of nitrogens with one attached hydrogen (secondary N) is 1. The normalized spacial score (nSPS) is 25.8. The lowest BCUT2D eigenvalue weighted by molar-refractivity contribution is -0.143. The Hall–Kier alpha value is -1.30. The van der Waals surface area contributed by atoms with E-state index in [9.17, 15) is 9.59 Å². The van der Waals surface area contributed by atoms with Crippen molar-refractivity contribution >= 4 is 12.0 Å². The maximum absolute atomic E-state index is 12.0. The van der Waals surface area contributed by atoms with Gasteiger partial charge in [0.25, 0.3) is 0 Å². The van der Waals surface area contributed by atoms with Crippen LogP contribution >= 0.6 is 0 Å². The first-order chi connectivity index (χ1) is 8.66. The molecule has 0 aromatic heterocycles. The first-order valence-electron chi connectivity index (χ1n) is 6.53. The van der Waals surface area contributed by atoms with E-state index in [-0.39, 0.29) is 12.1 Å². The Morgan fingerprint density at radius 3 is 2.61 bits per heavy atom. The summed E-state index contributed by atoms with van der Waals surface area (Å²) in [6, 6.07) is 0.0318. The highest BCUT2D eigenvalue weighted by atomic mass is 16.5. The smallest absolute Gasteiger partial charge is 0.317 e. The van der Waals surface area contributed by atoms with Gasteiger partial charge in [-0.1, -0.05) is 0 Å². The molecule has 0 spiro atoms. The second-order valence-electron chi connectivity index (χ2n) is 4.96. The molecule has 2 N–H and O–H groups in total. The lowest BCUT2D eigenvalue weighted by Crippen LogP contribution is -2.50. The third-order valence-corrected chi connectivity index (χ3v) is 3.61. The van der Waals surface area contributed by atoms with Crippen LogP contribution in [-0.2, 0) is 9.53 Å². The largest absolute Gasteiger partial charge is 0.481 e. The number of piperidine rings is 1. The van der Waals surface area contributed by atoms with Gasteiger partial charge in [-0.2, -0.15) is 0 Å². The summed E-state index contributed by atoms with van der Waals surface area (Å²) in [5.41, 5.74) is 0. The molecule has 0 bridgehead atoms. The van der Waals surface area contributed by atoms with Crippen LogP contribution in [0.1, 0.15) is 25.7 Å². The second kappa shape index (κ2) is 6.04. The number of carboxylic acids is 1. The van der Waals surface area contributed by atoms with Crippen LogP contribution in [0.25, 0.3) is 0 Å². The Kier molecular flexibility index (Phi) is 4.41. The molecule has 18 heavy (non-hydrogen) atoms. The second-order valence-corrected chi connectivity index (χ2v) is 4.96. The van der Waals surface area contributed by atoms with Crippen LogP contribution in [0.4, 0.5) is 4.79 Å². The van der Waals surface area contributed by atoms with Crippen molar-refractivity contribution in [3.8, 4) is 0 Å². The minimum atomic E-state index is -0.807. The number of ether oxygens (including phenoxy) is 1. The van der Waals surface area contributed by atoms with Gasteiger partial charge in [0.1, 0.15) is 0 Å². The average molecular weight is 256 g/mol. The molecule has 0 aromatic rings. The molecule has 0 unspecified atom stereocenters. The van der Waals surface area contributed by atoms with Crippen molar-refractivity contribution < 1.29 is 19.4 Å². The molecule has 2 fully saturated rings. The van der Waals surface area contributed by atoms with E-state index in [0.29, 0.717) is 32.7 Å². The molecule has 1 atom stereocenters. The number of hydrogen-bond donors (Lipinski definition) is 2. The van der Waals surface area contributed by atoms with Crippen LogP contribution in [0.2, 0.25) is 0 Å². The summed E-state index contributed by atoms with van der Waals surface area (Å²) in [5, 5.41) is 11.9. The topological polar surface area (TPSA) is 78.9 Å². The van der Waals surface area contributed by atoms with E-state index in [4.69, 9.17) is 9.84 Å². The van der Waals surface area contributed by atoms with Crippen molar-refractivity contribution in [1.29, 1.82) is 0 Å². The Balaban J connectivity index is 1.82. The van der Waals surface area contributed by atoms with E-state index in [2.05, 4.69) is 5.32 Å². The molecule has 0 saturated carbocycles. The van der Waals surface area contributed by atoms with Gasteiger partial charge in [0.2, 0.25) is 0 Å². The number of amides is 2. The van der Waals surface area contributed by atoms with Gasteiger partial charge in [-0.15, -0.1) is 0 Å². The molecule has 2 saturated heterocycles. The van der Waals surface area contributed by atoms with Gasteiger partial charge in [-0.3, -0.25) is 4.79 Å². The standard InChI is InChI=1S/C12H20N2O4/c15-11(16)9-2-1-5-14(8-9)12(17)13-10-3-6-18-7-4-10/h9-10H,1-8H2,(H,13,17)(H,15,16)/t9-/m0/s1. The highest BCUT2D eigenvalue weighted by molar-refractivity contribution is 5.76. The fourth-order valence-electron chi connectivity index (χ4n) is 2.47. The highest BCUT2D eigenvalue weighted by Gasteiger charge is 2.29. The zero-order valence-electron chi connectivity index (χ0n) is 10.4. The SMILES string of the molecule is O=C(O)[C@H]1CCCN(C(=O)NC2CCOCC2)C1. The number of carbonyl (C=O) groups excluding carboxylic acids is 1. The minimum absolute atomic E-state index is 0.132. The Morgan fingerprint density at radius 1 is 1.22 bits per heavy atom. The van der Waals surface area contributed by atoms with Crippen molar-refractivity contribution in [1.82, 2.24) is 10.2 Å². The number of urea groups is 1. The predicted octanol–water partition coefficient (Wildman–Crippen LogP) is 0.672. The summed E-state index contributed by atoms with van der Waals surface area (Å²) < 4.78 is 5.23. The monoisotopic (exact) mass is 256 g/mol. The van der Waals surface area contributed by atoms with Gasteiger partial charge < -0.3 is 20.1 Å². The van der Waals surface area contributed by atoms with Crippen molar-refractivity contribution in [2.24, 2.45) is 5.92 Å². The Morgan fingerprint density at radius 2 is 1.94 bits per heavy atom. The lowest BCUT2D eigenvalue weighted by atomic mass is 9.98. The average Bonchev–Trinajstić information content (AvgIpc) is 2.40. The number of carbonyl (C=O) groups is 2. The Bertz CT molecular complexity index is 315. The molecule has 2 amide bonds. The van der Waals surface area contributed by atoms with Crippen LogP contribution in [0.5, 0.6) is 0 Å². The molecule has 2 aliphatic heterocycles. The van der Waals surface area contributed by atoms with Crippen LogP contribution in [-0.4, -0.2) is 54.4 Å². The fourth-order valence-corrected chi connectivity index (χ4v) is 2.47. The third kappa shape index (κ3) is 3.35. The van der Waals surface area contributed by atoms with Gasteiger partial charge in [0, 0.05) is 32.3 Å². The molecule has 0 aromatic carbocycles. The molecule has 0 radical (unpaired) electrons. The number of nitrogens with zero attached hydrogens (tertiary/aromatic N) is 1. The van der Waals surface area contributed by atoms with Gasteiger partial charge in [-0.05, 0) is 25.7 Å². The van der Waals surface area contributed by atoms with Crippen LogP contribution in [0.15, 0.2) is 0 Å². The molecule has 2 heterocycles. The molecule has 6 nitrogen and oxygen atoms in total. The van der Waals surface area contributed by atoms with E-state index < -0.39 is 11.9 Å². The van der Waals surface area contributed by atoms with E-state index >= 15 is 0 Å². The first kappa shape index (κ1) is 13.1. The molecular weight excluding hydrogens is 236 g/mol. The molecule has 6 heteroatoms. The van der Waals surface area contributed by atoms with E-state index in [1.54, 1.807) is 4.90 Å². The predicted molar refractivity (Wildman–Crippen MR) is 64.3 cm³/mol. The maximum Gasteiger partial charge on any atom is 0.317 e. The summed E-state index contributed by atoms with van der Waals surface area (Å²) in [4.78, 5) is 24.6. The van der Waals surface area contributed by atoms with Crippen LogP contribution in [0, 0.1) is 5.92 Å². The molecule has 102 valence electrons. The van der Waals surface area contributed by atoms with Crippen molar-refractivity contribution in [3.05, 3.63) is 0 Å². The summed E-state index contributed by atoms with van der Waals surface area (Å²) in [6.07, 6.45) is 3.10. The number of hydrogen-bond acceptors (Lipinski definition) is 3. The Labute approximate surface area is 106 Å². The summed E-state index contributed by atoms with van der Waals surface area (Å²) in [7, 11) is 0. The van der Waals surface area contributed by atoms with Gasteiger partial charge in [0.05, 0.1) is 5.92 Å². The fraction of sp³-hybridized carbons (Fsp3) is 0.833. The van der Waals surface area contributed by atoms with Gasteiger partial charge >= 0.3 is 12.0 Å². The van der Waals surface area contributed by atoms with Gasteiger partial charge in [0.15, 0.2) is 0 Å². The van der Waals surface area contributed by atoms with Crippen molar-refractivity contribution in [2.75, 3.05) is 26.3 Å². The van der Waals surface area contributed by atoms with Crippen LogP contribution in [0.3, 0.4) is 0 Å². The van der Waals surface area contributed by atoms with Gasteiger partial charge in [-0.25, -0.2) is 4.79 Å². The minimum Gasteiger partial charge on any atom is -0.481 e. The highest BCUT2D eigenvalue weighted by Crippen LogP contribution is 2.17. The van der Waals surface area contributed by atoms with Crippen molar-refractivity contribution in [3.63, 3.8) is 0 Å². The van der Waals surface area contributed by atoms with E-state index in [1.165, 1.54) is 0 Å².